The molecular weight excluding hydrogens is 460 g/mol. The SMILES string of the molecule is CCCCCCCCCCCCC1c2cc(Br)ccc2-c2ccc(Br)cc21. The summed E-state index contributed by atoms with van der Waals surface area (Å²) in [7, 11) is 0. The van der Waals surface area contributed by atoms with E-state index in [2.05, 4.69) is 75.2 Å². The average molecular weight is 492 g/mol. The normalized spacial score (nSPS) is 13.0. The van der Waals surface area contributed by atoms with Crippen LogP contribution in [0.1, 0.15) is 94.6 Å². The van der Waals surface area contributed by atoms with Crippen molar-refractivity contribution in [3.63, 3.8) is 0 Å². The highest BCUT2D eigenvalue weighted by molar-refractivity contribution is 9.10. The third-order valence-electron chi connectivity index (χ3n) is 5.91. The fourth-order valence-electron chi connectivity index (χ4n) is 4.45. The summed E-state index contributed by atoms with van der Waals surface area (Å²) in [4.78, 5) is 0. The third-order valence-corrected chi connectivity index (χ3v) is 6.90. The lowest BCUT2D eigenvalue weighted by Gasteiger charge is -2.14. The highest BCUT2D eigenvalue weighted by atomic mass is 79.9. The molecule has 0 aliphatic heterocycles. The Morgan fingerprint density at radius 3 is 1.56 bits per heavy atom. The first-order valence-corrected chi connectivity index (χ1v) is 12.4. The number of hydrogen-bond acceptors (Lipinski definition) is 0. The van der Waals surface area contributed by atoms with Gasteiger partial charge in [0.25, 0.3) is 0 Å². The highest BCUT2D eigenvalue weighted by Gasteiger charge is 2.28. The van der Waals surface area contributed by atoms with E-state index in [9.17, 15) is 0 Å². The second-order valence-electron chi connectivity index (χ2n) is 7.99. The van der Waals surface area contributed by atoms with Crippen molar-refractivity contribution in [2.75, 3.05) is 0 Å². The summed E-state index contributed by atoms with van der Waals surface area (Å²) in [5, 5.41) is 0. The van der Waals surface area contributed by atoms with Crippen molar-refractivity contribution in [3.8, 4) is 11.1 Å². The van der Waals surface area contributed by atoms with Crippen LogP contribution in [0.4, 0.5) is 0 Å². The van der Waals surface area contributed by atoms with Crippen LogP contribution in [0, 0.1) is 0 Å². The van der Waals surface area contributed by atoms with E-state index in [1.165, 1.54) is 102 Å². The summed E-state index contributed by atoms with van der Waals surface area (Å²) in [5.41, 5.74) is 5.87. The molecule has 1 aliphatic rings. The van der Waals surface area contributed by atoms with Crippen molar-refractivity contribution in [1.82, 2.24) is 0 Å². The molecule has 0 atom stereocenters. The van der Waals surface area contributed by atoms with E-state index in [1.807, 2.05) is 0 Å². The van der Waals surface area contributed by atoms with E-state index in [4.69, 9.17) is 0 Å². The molecule has 0 N–H and O–H groups in total. The lowest BCUT2D eigenvalue weighted by Crippen LogP contribution is -1.97. The number of rotatable bonds is 11. The molecule has 0 bridgehead atoms. The zero-order valence-electron chi connectivity index (χ0n) is 16.6. The van der Waals surface area contributed by atoms with Gasteiger partial charge in [0.2, 0.25) is 0 Å². The maximum Gasteiger partial charge on any atom is 0.0178 e. The number of benzene rings is 2. The monoisotopic (exact) mass is 490 g/mol. The van der Waals surface area contributed by atoms with Crippen LogP contribution in [0.25, 0.3) is 11.1 Å². The van der Waals surface area contributed by atoms with Crippen LogP contribution >= 0.6 is 31.9 Å². The van der Waals surface area contributed by atoms with Crippen molar-refractivity contribution in [3.05, 3.63) is 56.5 Å². The molecule has 0 radical (unpaired) electrons. The molecule has 0 saturated heterocycles. The topological polar surface area (TPSA) is 0 Å². The Morgan fingerprint density at radius 1 is 0.630 bits per heavy atom. The fourth-order valence-corrected chi connectivity index (χ4v) is 5.21. The fraction of sp³-hybridized carbons (Fsp3) is 0.520. The molecular formula is C25H32Br2. The molecule has 2 aromatic carbocycles. The van der Waals surface area contributed by atoms with Crippen molar-refractivity contribution >= 4 is 31.9 Å². The summed E-state index contributed by atoms with van der Waals surface area (Å²) in [6.45, 7) is 2.29. The zero-order chi connectivity index (χ0) is 19.1. The van der Waals surface area contributed by atoms with E-state index in [0.717, 1.165) is 0 Å². The Hall–Kier alpha value is -0.600. The Labute approximate surface area is 182 Å². The molecule has 27 heavy (non-hydrogen) atoms. The Balaban J connectivity index is 1.49. The Bertz CT molecular complexity index is 684. The van der Waals surface area contributed by atoms with Crippen LogP contribution in [-0.4, -0.2) is 0 Å². The van der Waals surface area contributed by atoms with Crippen LogP contribution < -0.4 is 0 Å². The summed E-state index contributed by atoms with van der Waals surface area (Å²) in [6, 6.07) is 13.6. The minimum Gasteiger partial charge on any atom is -0.0654 e. The smallest absolute Gasteiger partial charge is 0.0178 e. The van der Waals surface area contributed by atoms with Crippen molar-refractivity contribution < 1.29 is 0 Å². The van der Waals surface area contributed by atoms with Gasteiger partial charge in [-0.1, -0.05) is 115 Å². The quantitative estimate of drug-likeness (QED) is 0.274. The zero-order valence-corrected chi connectivity index (χ0v) is 19.7. The molecule has 0 aromatic heterocycles. The Morgan fingerprint density at radius 2 is 1.07 bits per heavy atom. The van der Waals surface area contributed by atoms with Gasteiger partial charge in [-0.3, -0.25) is 0 Å². The maximum absolute atomic E-state index is 3.68. The molecule has 0 spiro atoms. The van der Waals surface area contributed by atoms with Crippen molar-refractivity contribution in [2.24, 2.45) is 0 Å². The number of halogens is 2. The van der Waals surface area contributed by atoms with Gasteiger partial charge in [0, 0.05) is 14.9 Å². The first-order valence-electron chi connectivity index (χ1n) is 10.8. The van der Waals surface area contributed by atoms with Crippen LogP contribution in [-0.2, 0) is 0 Å². The van der Waals surface area contributed by atoms with Gasteiger partial charge in [-0.05, 0) is 52.9 Å². The minimum absolute atomic E-state index is 0.555. The van der Waals surface area contributed by atoms with Crippen LogP contribution in [0.2, 0.25) is 0 Å². The second kappa shape index (κ2) is 10.8. The molecule has 0 unspecified atom stereocenters. The standard InChI is InChI=1S/C25H32Br2/c1-2-3-4-5-6-7-8-9-10-11-12-21-24-17-19(26)13-15-22(24)23-16-14-20(27)18-25(21)23/h13-18,21H,2-12H2,1H3. The summed E-state index contributed by atoms with van der Waals surface area (Å²) >= 11 is 7.35. The second-order valence-corrected chi connectivity index (χ2v) is 9.82. The molecule has 146 valence electrons. The molecule has 1 aliphatic carbocycles. The van der Waals surface area contributed by atoms with Gasteiger partial charge in [-0.25, -0.2) is 0 Å². The van der Waals surface area contributed by atoms with Gasteiger partial charge in [-0.15, -0.1) is 0 Å². The lowest BCUT2D eigenvalue weighted by atomic mass is 9.91. The van der Waals surface area contributed by atoms with Crippen molar-refractivity contribution in [1.29, 1.82) is 0 Å². The van der Waals surface area contributed by atoms with Crippen molar-refractivity contribution in [2.45, 2.75) is 83.5 Å². The molecule has 2 heteroatoms. The van der Waals surface area contributed by atoms with Gasteiger partial charge < -0.3 is 0 Å². The molecule has 0 fully saturated rings. The summed E-state index contributed by atoms with van der Waals surface area (Å²) in [5.74, 6) is 0.555. The van der Waals surface area contributed by atoms with E-state index >= 15 is 0 Å². The average Bonchev–Trinajstić information content (AvgIpc) is 2.95. The number of hydrogen-bond donors (Lipinski definition) is 0. The van der Waals surface area contributed by atoms with Gasteiger partial charge in [0.1, 0.15) is 0 Å². The summed E-state index contributed by atoms with van der Waals surface area (Å²) in [6.07, 6.45) is 15.3. The van der Waals surface area contributed by atoms with E-state index in [0.29, 0.717) is 5.92 Å². The van der Waals surface area contributed by atoms with Gasteiger partial charge in [0.15, 0.2) is 0 Å². The lowest BCUT2D eigenvalue weighted by molar-refractivity contribution is 0.542. The maximum atomic E-state index is 3.68. The molecule has 0 saturated carbocycles. The van der Waals surface area contributed by atoms with Gasteiger partial charge in [-0.2, -0.15) is 0 Å². The van der Waals surface area contributed by atoms with Crippen LogP contribution in [0.5, 0.6) is 0 Å². The molecule has 0 heterocycles. The van der Waals surface area contributed by atoms with Crippen LogP contribution in [0.15, 0.2) is 45.3 Å². The van der Waals surface area contributed by atoms with E-state index in [-0.39, 0.29) is 0 Å². The number of unbranched alkanes of at least 4 members (excludes halogenated alkanes) is 9. The Kier molecular flexibility index (Phi) is 8.46. The molecule has 0 amide bonds. The first-order chi connectivity index (χ1) is 13.2. The molecule has 3 rings (SSSR count). The minimum atomic E-state index is 0.555. The highest BCUT2D eigenvalue weighted by Crippen LogP contribution is 2.48. The largest absolute Gasteiger partial charge is 0.0654 e. The van der Waals surface area contributed by atoms with E-state index < -0.39 is 0 Å². The first kappa shape index (κ1) is 21.1. The van der Waals surface area contributed by atoms with E-state index in [1.54, 1.807) is 0 Å². The third kappa shape index (κ3) is 5.70. The van der Waals surface area contributed by atoms with Crippen LogP contribution in [0.3, 0.4) is 0 Å². The van der Waals surface area contributed by atoms with Gasteiger partial charge >= 0.3 is 0 Å². The molecule has 2 aromatic rings. The summed E-state index contributed by atoms with van der Waals surface area (Å²) < 4.78 is 2.39. The molecule has 0 nitrogen and oxygen atoms in total. The predicted molar refractivity (Wildman–Crippen MR) is 126 cm³/mol. The predicted octanol–water partition coefficient (Wildman–Crippen LogP) is 9.63. The number of fused-ring (bicyclic) bond motifs is 3. The van der Waals surface area contributed by atoms with Gasteiger partial charge in [0.05, 0.1) is 0 Å².